The van der Waals surface area contributed by atoms with Crippen LogP contribution in [0.1, 0.15) is 41.5 Å². The first-order valence-corrected chi connectivity index (χ1v) is 12.1. The van der Waals surface area contributed by atoms with Crippen molar-refractivity contribution >= 4 is 27.1 Å². The maximum Gasteiger partial charge on any atom is 0.119 e. The molecule has 4 rings (SSSR count). The van der Waals surface area contributed by atoms with Crippen LogP contribution >= 0.6 is 15.9 Å². The molecule has 1 aliphatic rings. The molecule has 3 aromatic rings. The second-order valence-corrected chi connectivity index (χ2v) is 9.58. The van der Waals surface area contributed by atoms with Crippen LogP contribution in [0.2, 0.25) is 0 Å². The van der Waals surface area contributed by atoms with Gasteiger partial charge in [-0.25, -0.2) is 0 Å². The van der Waals surface area contributed by atoms with Crippen molar-refractivity contribution in [2.75, 3.05) is 27.2 Å². The zero-order valence-corrected chi connectivity index (χ0v) is 20.8. The lowest BCUT2D eigenvalue weighted by Gasteiger charge is -2.20. The van der Waals surface area contributed by atoms with E-state index < -0.39 is 6.10 Å². The van der Waals surface area contributed by atoms with E-state index in [0.29, 0.717) is 6.61 Å². The van der Waals surface area contributed by atoms with Crippen molar-refractivity contribution in [1.29, 1.82) is 0 Å². The second kappa shape index (κ2) is 10.1. The van der Waals surface area contributed by atoms with Gasteiger partial charge in [0.1, 0.15) is 18.1 Å². The fraction of sp³-hybridized carbons (Fsp3) is 0.286. The maximum atomic E-state index is 11.6. The number of fused-ring (bicyclic) bond motifs is 1. The molecule has 0 bridgehead atoms. The highest BCUT2D eigenvalue weighted by Gasteiger charge is 2.38. The topological polar surface area (TPSA) is 52.9 Å². The van der Waals surface area contributed by atoms with Gasteiger partial charge in [0.25, 0.3) is 0 Å². The first kappa shape index (κ1) is 23.6. The molecule has 172 valence electrons. The van der Waals surface area contributed by atoms with E-state index in [1.165, 1.54) is 0 Å². The highest BCUT2D eigenvalue weighted by atomic mass is 79.9. The van der Waals surface area contributed by atoms with Crippen molar-refractivity contribution in [1.82, 2.24) is 4.90 Å². The molecular formula is C28H30BrNO3. The number of benzene rings is 3. The minimum Gasteiger partial charge on any atom is -0.508 e. The van der Waals surface area contributed by atoms with Crippen LogP contribution < -0.4 is 4.74 Å². The van der Waals surface area contributed by atoms with E-state index in [2.05, 4.69) is 52.0 Å². The Hall–Kier alpha value is -2.60. The van der Waals surface area contributed by atoms with E-state index >= 15 is 0 Å². The minimum absolute atomic E-state index is 0.165. The Bertz CT molecular complexity index is 1140. The number of phenols is 1. The van der Waals surface area contributed by atoms with Crippen molar-refractivity contribution in [2.24, 2.45) is 0 Å². The predicted molar refractivity (Wildman–Crippen MR) is 138 cm³/mol. The Balaban J connectivity index is 1.73. The molecule has 0 heterocycles. The van der Waals surface area contributed by atoms with E-state index in [0.717, 1.165) is 56.6 Å². The molecule has 1 aliphatic carbocycles. The quantitative estimate of drug-likeness (QED) is 0.416. The summed E-state index contributed by atoms with van der Waals surface area (Å²) in [7, 11) is 4.05. The molecule has 0 saturated heterocycles. The molecule has 0 aromatic heterocycles. The Morgan fingerprint density at radius 3 is 2.33 bits per heavy atom. The summed E-state index contributed by atoms with van der Waals surface area (Å²) in [5.74, 6) is 0.903. The third-order valence-electron chi connectivity index (χ3n) is 6.19. The summed E-state index contributed by atoms with van der Waals surface area (Å²) in [6.45, 7) is 3.59. The molecule has 0 saturated carbocycles. The Morgan fingerprint density at radius 2 is 1.70 bits per heavy atom. The van der Waals surface area contributed by atoms with E-state index in [4.69, 9.17) is 4.74 Å². The third-order valence-corrected chi connectivity index (χ3v) is 6.68. The molecule has 0 aliphatic heterocycles. The number of phenolic OH excluding ortho intramolecular Hbond substituents is 1. The number of aromatic hydroxyl groups is 1. The van der Waals surface area contributed by atoms with E-state index in [-0.39, 0.29) is 11.7 Å². The highest BCUT2D eigenvalue weighted by molar-refractivity contribution is 9.10. The fourth-order valence-corrected chi connectivity index (χ4v) is 4.94. The van der Waals surface area contributed by atoms with E-state index in [1.54, 1.807) is 12.1 Å². The van der Waals surface area contributed by atoms with Crippen LogP contribution in [-0.4, -0.2) is 48.5 Å². The molecule has 0 spiro atoms. The molecule has 5 heteroatoms. The summed E-state index contributed by atoms with van der Waals surface area (Å²) in [4.78, 5) is 2.09. The summed E-state index contributed by atoms with van der Waals surface area (Å²) in [6.07, 6.45) is 0.108. The molecular weight excluding hydrogens is 478 g/mol. The lowest BCUT2D eigenvalue weighted by molar-refractivity contribution is 0.221. The van der Waals surface area contributed by atoms with Crippen molar-refractivity contribution in [2.45, 2.75) is 25.4 Å². The fourth-order valence-electron chi connectivity index (χ4n) is 4.57. The van der Waals surface area contributed by atoms with Crippen molar-refractivity contribution in [3.05, 3.63) is 93.5 Å². The molecule has 2 N–H and O–H groups in total. The largest absolute Gasteiger partial charge is 0.508 e. The van der Waals surface area contributed by atoms with Gasteiger partial charge in [0.05, 0.1) is 6.10 Å². The number of likely N-dealkylation sites (N-methyl/N-ethyl adjacent to an activating group) is 1. The van der Waals surface area contributed by atoms with E-state index in [1.807, 2.05) is 44.4 Å². The Kier molecular flexibility index (Phi) is 7.23. The normalized spacial score (nSPS) is 19.0. The van der Waals surface area contributed by atoms with Crippen LogP contribution in [0.15, 0.2) is 71.2 Å². The van der Waals surface area contributed by atoms with Crippen molar-refractivity contribution in [3.8, 4) is 11.5 Å². The van der Waals surface area contributed by atoms with Gasteiger partial charge >= 0.3 is 0 Å². The monoisotopic (exact) mass is 507 g/mol. The van der Waals surface area contributed by atoms with Crippen molar-refractivity contribution in [3.63, 3.8) is 0 Å². The number of halogens is 1. The summed E-state index contributed by atoms with van der Waals surface area (Å²) in [5.41, 5.74) is 6.31. The SMILES string of the molecule is CC/C(=C1/c2ccc(Br)cc2C(c2ccc(OCCN(C)C)cc2)C1O)c1ccc(O)cc1. The van der Waals surface area contributed by atoms with Gasteiger partial charge in [-0.05, 0) is 90.3 Å². The van der Waals surface area contributed by atoms with Crippen LogP contribution in [0.25, 0.3) is 11.1 Å². The molecule has 33 heavy (non-hydrogen) atoms. The number of rotatable bonds is 7. The molecule has 0 radical (unpaired) electrons. The second-order valence-electron chi connectivity index (χ2n) is 8.67. The average molecular weight is 508 g/mol. The van der Waals surface area contributed by atoms with Gasteiger partial charge in [-0.3, -0.25) is 0 Å². The summed E-state index contributed by atoms with van der Waals surface area (Å²) < 4.78 is 6.84. The smallest absolute Gasteiger partial charge is 0.119 e. The number of aliphatic hydroxyl groups is 1. The highest BCUT2D eigenvalue weighted by Crippen LogP contribution is 2.49. The molecule has 0 fully saturated rings. The average Bonchev–Trinajstić information content (AvgIpc) is 3.07. The zero-order valence-electron chi connectivity index (χ0n) is 19.3. The lowest BCUT2D eigenvalue weighted by atomic mass is 9.89. The number of ether oxygens (including phenoxy) is 1. The molecule has 2 atom stereocenters. The number of hydrogen-bond donors (Lipinski definition) is 2. The van der Waals surface area contributed by atoms with Gasteiger partial charge in [-0.2, -0.15) is 0 Å². The van der Waals surface area contributed by atoms with Gasteiger partial charge in [0.15, 0.2) is 0 Å². The van der Waals surface area contributed by atoms with Crippen LogP contribution in [0, 0.1) is 0 Å². The number of aliphatic hydroxyl groups excluding tert-OH is 1. The molecule has 0 amide bonds. The molecule has 3 aromatic carbocycles. The summed E-state index contributed by atoms with van der Waals surface area (Å²) >= 11 is 3.61. The Morgan fingerprint density at radius 1 is 1.00 bits per heavy atom. The summed E-state index contributed by atoms with van der Waals surface area (Å²) in [5, 5.41) is 21.4. The van der Waals surface area contributed by atoms with Gasteiger partial charge in [0, 0.05) is 16.9 Å². The molecule has 2 unspecified atom stereocenters. The first-order chi connectivity index (χ1) is 15.9. The van der Waals surface area contributed by atoms with Crippen molar-refractivity contribution < 1.29 is 14.9 Å². The van der Waals surface area contributed by atoms with Gasteiger partial charge < -0.3 is 19.8 Å². The third kappa shape index (κ3) is 5.01. The zero-order chi connectivity index (χ0) is 23.5. The standard InChI is InChI=1S/C28H30BrNO3/c1-4-23(18-5-10-21(31)11-6-18)27-24-14-9-20(29)17-25(24)26(28(27)32)19-7-12-22(13-8-19)33-16-15-30(2)3/h5-14,17,26,28,31-32H,4,15-16H2,1-3H3/b27-23+. The van der Waals surface area contributed by atoms with Crippen LogP contribution in [0.3, 0.4) is 0 Å². The van der Waals surface area contributed by atoms with Gasteiger partial charge in [-0.1, -0.05) is 53.2 Å². The number of nitrogens with zero attached hydrogens (tertiary/aromatic N) is 1. The Labute approximate surface area is 204 Å². The number of hydrogen-bond acceptors (Lipinski definition) is 4. The van der Waals surface area contributed by atoms with E-state index in [9.17, 15) is 10.2 Å². The van der Waals surface area contributed by atoms with Crippen LogP contribution in [0.4, 0.5) is 0 Å². The van der Waals surface area contributed by atoms with Gasteiger partial charge in [0.2, 0.25) is 0 Å². The lowest BCUT2D eigenvalue weighted by Crippen LogP contribution is -2.19. The maximum absolute atomic E-state index is 11.6. The number of allylic oxidation sites excluding steroid dienone is 1. The minimum atomic E-state index is -0.668. The van der Waals surface area contributed by atoms with Crippen LogP contribution in [-0.2, 0) is 0 Å². The predicted octanol–water partition coefficient (Wildman–Crippen LogP) is 5.92. The van der Waals surface area contributed by atoms with Crippen LogP contribution in [0.5, 0.6) is 11.5 Å². The van der Waals surface area contributed by atoms with Gasteiger partial charge in [-0.15, -0.1) is 0 Å². The first-order valence-electron chi connectivity index (χ1n) is 11.3. The molecule has 4 nitrogen and oxygen atoms in total. The summed E-state index contributed by atoms with van der Waals surface area (Å²) in [6, 6.07) is 21.5.